The molecule has 1 N–H and O–H groups in total. The lowest BCUT2D eigenvalue weighted by atomic mass is 10.1. The molecule has 0 saturated carbocycles. The predicted octanol–water partition coefficient (Wildman–Crippen LogP) is 2.91. The Bertz CT molecular complexity index is 1340. The molecule has 0 spiro atoms. The van der Waals surface area contributed by atoms with Gasteiger partial charge in [-0.05, 0) is 48.1 Å². The van der Waals surface area contributed by atoms with Gasteiger partial charge in [0.05, 0.1) is 17.3 Å². The van der Waals surface area contributed by atoms with E-state index < -0.39 is 0 Å². The van der Waals surface area contributed by atoms with Crippen LogP contribution in [0.2, 0.25) is 0 Å². The van der Waals surface area contributed by atoms with Gasteiger partial charge in [-0.2, -0.15) is 0 Å². The van der Waals surface area contributed by atoms with E-state index in [2.05, 4.69) is 11.6 Å². The molecule has 1 aliphatic heterocycles. The second kappa shape index (κ2) is 9.50. The number of aromatic nitrogens is 2. The van der Waals surface area contributed by atoms with E-state index in [9.17, 15) is 18.8 Å². The van der Waals surface area contributed by atoms with Gasteiger partial charge in [-0.3, -0.25) is 19.0 Å². The topological polar surface area (TPSA) is 78.4 Å². The number of allylic oxidation sites excluding steroid dienone is 1. The molecule has 9 heteroatoms. The van der Waals surface area contributed by atoms with Crippen molar-refractivity contribution in [3.05, 3.63) is 87.2 Å². The van der Waals surface area contributed by atoms with Crippen molar-refractivity contribution in [3.8, 4) is 0 Å². The van der Waals surface area contributed by atoms with E-state index in [-0.39, 0.29) is 34.4 Å². The summed E-state index contributed by atoms with van der Waals surface area (Å²) in [4.78, 5) is 44.7. The zero-order chi connectivity index (χ0) is 23.5. The molecule has 1 fully saturated rings. The van der Waals surface area contributed by atoms with Gasteiger partial charge in [-0.15, -0.1) is 6.58 Å². The molecule has 3 aromatic rings. The van der Waals surface area contributed by atoms with E-state index >= 15 is 0 Å². The van der Waals surface area contributed by atoms with Crippen LogP contribution in [0.25, 0.3) is 10.9 Å². The van der Waals surface area contributed by atoms with Gasteiger partial charge >= 0.3 is 0 Å². The van der Waals surface area contributed by atoms with Gasteiger partial charge < -0.3 is 14.8 Å². The number of hydrogen-bond acceptors (Lipinski definition) is 4. The Hall–Kier alpha value is -3.59. The number of carbonyl (C=O) groups excluding carboxylic acids is 2. The summed E-state index contributed by atoms with van der Waals surface area (Å²) >= 11 is 5.27. The Morgan fingerprint density at radius 1 is 1.06 bits per heavy atom. The van der Waals surface area contributed by atoms with E-state index in [4.69, 9.17) is 12.2 Å². The third kappa shape index (κ3) is 4.78. The average molecular weight is 467 g/mol. The van der Waals surface area contributed by atoms with Crippen molar-refractivity contribution in [2.75, 3.05) is 26.2 Å². The molecule has 7 nitrogen and oxygen atoms in total. The van der Waals surface area contributed by atoms with Crippen LogP contribution < -0.4 is 5.56 Å². The predicted molar refractivity (Wildman–Crippen MR) is 126 cm³/mol. The maximum Gasteiger partial charge on any atom is 0.262 e. The zero-order valence-corrected chi connectivity index (χ0v) is 18.7. The highest BCUT2D eigenvalue weighted by Crippen LogP contribution is 2.15. The number of benzene rings is 2. The van der Waals surface area contributed by atoms with Crippen LogP contribution in [-0.2, 0) is 17.8 Å². The van der Waals surface area contributed by atoms with E-state index in [0.29, 0.717) is 49.2 Å². The number of nitrogens with zero attached hydrogens (tertiary/aromatic N) is 3. The number of fused-ring (bicyclic) bond motifs is 1. The monoisotopic (exact) mass is 466 g/mol. The van der Waals surface area contributed by atoms with Crippen molar-refractivity contribution in [1.29, 1.82) is 0 Å². The average Bonchev–Trinajstić information content (AvgIpc) is 2.82. The van der Waals surface area contributed by atoms with E-state index in [1.54, 1.807) is 46.2 Å². The van der Waals surface area contributed by atoms with Crippen molar-refractivity contribution in [3.63, 3.8) is 0 Å². The highest BCUT2D eigenvalue weighted by atomic mass is 32.1. The van der Waals surface area contributed by atoms with Crippen molar-refractivity contribution in [2.24, 2.45) is 0 Å². The lowest BCUT2D eigenvalue weighted by Crippen LogP contribution is -2.51. The largest absolute Gasteiger partial charge is 0.339 e. The summed E-state index contributed by atoms with van der Waals surface area (Å²) in [5, 5.41) is 0.443. The van der Waals surface area contributed by atoms with Gasteiger partial charge in [0.2, 0.25) is 5.91 Å². The molecule has 0 radical (unpaired) electrons. The summed E-state index contributed by atoms with van der Waals surface area (Å²) in [5.74, 6) is -0.559. The van der Waals surface area contributed by atoms with Crippen molar-refractivity contribution in [1.82, 2.24) is 19.4 Å². The molecular formula is C24H23FN4O3S. The second-order valence-electron chi connectivity index (χ2n) is 7.87. The number of rotatable bonds is 5. The standard InChI is InChI=1S/C24H23FN4O3S/c1-2-9-29-23(32)19-8-5-17(15-20(19)26-24(29)33)22(31)28-12-10-27(11-13-28)21(30)14-16-3-6-18(25)7-4-16/h2-8,15H,1,9-14H2,(H,26,33). The summed E-state index contributed by atoms with van der Waals surface area (Å²) < 4.78 is 14.7. The number of carbonyl (C=O) groups is 2. The third-order valence-electron chi connectivity index (χ3n) is 5.73. The minimum atomic E-state index is -0.337. The maximum atomic E-state index is 13.1. The summed E-state index contributed by atoms with van der Waals surface area (Å²) in [6, 6.07) is 10.8. The van der Waals surface area contributed by atoms with Gasteiger partial charge in [-0.1, -0.05) is 18.2 Å². The Labute approximate surface area is 194 Å². The lowest BCUT2D eigenvalue weighted by Gasteiger charge is -2.35. The summed E-state index contributed by atoms with van der Waals surface area (Å²) in [7, 11) is 0. The number of halogens is 1. The van der Waals surface area contributed by atoms with Crippen LogP contribution in [-0.4, -0.2) is 57.3 Å². The molecule has 1 saturated heterocycles. The highest BCUT2D eigenvalue weighted by molar-refractivity contribution is 7.71. The maximum absolute atomic E-state index is 13.1. The van der Waals surface area contributed by atoms with Gasteiger partial charge in [0.1, 0.15) is 5.82 Å². The minimum Gasteiger partial charge on any atom is -0.339 e. The van der Waals surface area contributed by atoms with Gasteiger partial charge in [0.15, 0.2) is 4.77 Å². The molecule has 0 aliphatic carbocycles. The molecular weight excluding hydrogens is 443 g/mol. The fourth-order valence-electron chi connectivity index (χ4n) is 3.91. The number of nitrogens with one attached hydrogen (secondary N) is 1. The Morgan fingerprint density at radius 2 is 1.73 bits per heavy atom. The van der Waals surface area contributed by atoms with Crippen molar-refractivity contribution < 1.29 is 14.0 Å². The Balaban J connectivity index is 1.44. The first-order valence-electron chi connectivity index (χ1n) is 10.6. The zero-order valence-electron chi connectivity index (χ0n) is 17.9. The summed E-state index contributed by atoms with van der Waals surface area (Å²) in [6.45, 7) is 5.60. The highest BCUT2D eigenvalue weighted by Gasteiger charge is 2.25. The normalized spacial score (nSPS) is 13.8. The SMILES string of the molecule is C=CCn1c(=S)[nH]c2cc(C(=O)N3CCN(C(=O)Cc4ccc(F)cc4)CC3)ccc2c1=O. The number of aromatic amines is 1. The fraction of sp³-hybridized carbons (Fsp3) is 0.250. The van der Waals surface area contributed by atoms with Crippen molar-refractivity contribution in [2.45, 2.75) is 13.0 Å². The Kier molecular flexibility index (Phi) is 6.50. The molecule has 0 unspecified atom stereocenters. The van der Waals surface area contributed by atoms with Gasteiger partial charge in [0.25, 0.3) is 11.5 Å². The molecule has 1 aromatic heterocycles. The molecule has 0 atom stereocenters. The first-order chi connectivity index (χ1) is 15.9. The number of amides is 2. The van der Waals surface area contributed by atoms with Crippen LogP contribution in [0.15, 0.2) is 59.9 Å². The van der Waals surface area contributed by atoms with Crippen LogP contribution in [0, 0.1) is 10.6 Å². The van der Waals surface area contributed by atoms with Crippen LogP contribution in [0.3, 0.4) is 0 Å². The van der Waals surface area contributed by atoms with E-state index in [0.717, 1.165) is 5.56 Å². The summed E-state index contributed by atoms with van der Waals surface area (Å²) in [6.07, 6.45) is 1.79. The fourth-order valence-corrected chi connectivity index (χ4v) is 4.18. The molecule has 0 bridgehead atoms. The summed E-state index contributed by atoms with van der Waals surface area (Å²) in [5.41, 5.74) is 1.46. The van der Waals surface area contributed by atoms with E-state index in [1.807, 2.05) is 0 Å². The number of hydrogen-bond donors (Lipinski definition) is 1. The van der Waals surface area contributed by atoms with Crippen LogP contribution in [0.5, 0.6) is 0 Å². The van der Waals surface area contributed by atoms with Crippen LogP contribution in [0.1, 0.15) is 15.9 Å². The quantitative estimate of drug-likeness (QED) is 0.463. The molecule has 170 valence electrons. The van der Waals surface area contributed by atoms with Gasteiger partial charge in [-0.25, -0.2) is 4.39 Å². The molecule has 1 aliphatic rings. The minimum absolute atomic E-state index is 0.0530. The van der Waals surface area contributed by atoms with Crippen LogP contribution in [0.4, 0.5) is 4.39 Å². The third-order valence-corrected chi connectivity index (χ3v) is 6.05. The number of piperazine rings is 1. The van der Waals surface area contributed by atoms with Gasteiger partial charge in [0, 0.05) is 38.3 Å². The second-order valence-corrected chi connectivity index (χ2v) is 8.26. The first-order valence-corrected chi connectivity index (χ1v) is 11.0. The molecule has 2 aromatic carbocycles. The number of H-pyrrole nitrogens is 1. The molecule has 2 amide bonds. The van der Waals surface area contributed by atoms with Crippen molar-refractivity contribution >= 4 is 34.9 Å². The Morgan fingerprint density at radius 3 is 2.39 bits per heavy atom. The molecule has 2 heterocycles. The van der Waals surface area contributed by atoms with E-state index in [1.165, 1.54) is 16.7 Å². The molecule has 4 rings (SSSR count). The lowest BCUT2D eigenvalue weighted by molar-refractivity contribution is -0.131. The molecule has 33 heavy (non-hydrogen) atoms. The first kappa shape index (κ1) is 22.6. The van der Waals surface area contributed by atoms with Crippen LogP contribution >= 0.6 is 12.2 Å². The smallest absolute Gasteiger partial charge is 0.262 e.